The average Bonchev–Trinajstić information content (AvgIpc) is 2.91. The maximum atomic E-state index is 13.9. The van der Waals surface area contributed by atoms with Crippen LogP contribution in [0.3, 0.4) is 0 Å². The Morgan fingerprint density at radius 2 is 1.50 bits per heavy atom. The van der Waals surface area contributed by atoms with Gasteiger partial charge in [0.1, 0.15) is 11.0 Å². The van der Waals surface area contributed by atoms with E-state index in [1.165, 1.54) is 23.1 Å². The zero-order valence-corrected chi connectivity index (χ0v) is 22.2. The molecule has 1 aromatic heterocycles. The van der Waals surface area contributed by atoms with Crippen molar-refractivity contribution in [3.05, 3.63) is 58.7 Å². The molecule has 0 bridgehead atoms. The molecule has 7 nitrogen and oxygen atoms in total. The number of amides is 2. The number of benzene rings is 1. The van der Waals surface area contributed by atoms with E-state index in [2.05, 4.69) is 9.88 Å². The molecule has 0 spiro atoms. The van der Waals surface area contributed by atoms with Crippen molar-refractivity contribution in [1.82, 2.24) is 14.8 Å². The number of hydrogen-bond acceptors (Lipinski definition) is 5. The second-order valence-corrected chi connectivity index (χ2v) is 10.6. The summed E-state index contributed by atoms with van der Waals surface area (Å²) in [7, 11) is 3.30. The summed E-state index contributed by atoms with van der Waals surface area (Å²) in [6.07, 6.45) is -2.20. The highest BCUT2D eigenvalue weighted by atomic mass is 35.5. The molecule has 11 heteroatoms. The molecule has 1 unspecified atom stereocenters. The molecule has 1 aromatic carbocycles. The van der Waals surface area contributed by atoms with E-state index in [9.17, 15) is 27.9 Å². The van der Waals surface area contributed by atoms with Crippen molar-refractivity contribution in [2.24, 2.45) is 11.8 Å². The topological polar surface area (TPSA) is 77.0 Å². The van der Waals surface area contributed by atoms with Crippen molar-refractivity contribution in [2.45, 2.75) is 37.5 Å². The normalized spacial score (nSPS) is 19.2. The number of rotatable bonds is 5. The maximum absolute atomic E-state index is 13.9. The molecule has 0 aliphatic carbocycles. The molecule has 206 valence electrons. The largest absolute Gasteiger partial charge is 0.430 e. The van der Waals surface area contributed by atoms with Crippen LogP contribution in [0, 0.1) is 11.8 Å². The van der Waals surface area contributed by atoms with Crippen molar-refractivity contribution in [1.29, 1.82) is 0 Å². The molecule has 38 heavy (non-hydrogen) atoms. The van der Waals surface area contributed by atoms with Crippen molar-refractivity contribution in [2.75, 3.05) is 45.2 Å². The molecule has 1 N–H and O–H groups in total. The molecule has 2 amide bonds. The number of carbonyl (C=O) groups excluding carboxylic acids is 2. The maximum Gasteiger partial charge on any atom is 0.430 e. The minimum atomic E-state index is -5.13. The highest BCUT2D eigenvalue weighted by molar-refractivity contribution is 6.32. The lowest BCUT2D eigenvalue weighted by Crippen LogP contribution is -2.57. The summed E-state index contributed by atoms with van der Waals surface area (Å²) in [6.45, 7) is 1.84. The summed E-state index contributed by atoms with van der Waals surface area (Å²) in [6, 6.07) is 10.0. The van der Waals surface area contributed by atoms with Crippen LogP contribution in [0.5, 0.6) is 0 Å². The summed E-state index contributed by atoms with van der Waals surface area (Å²) in [4.78, 5) is 34.3. The lowest BCUT2D eigenvalue weighted by molar-refractivity contribution is -0.262. The van der Waals surface area contributed by atoms with Crippen LogP contribution in [0.1, 0.15) is 41.6 Å². The number of halogens is 4. The molecule has 2 fully saturated rings. The molecule has 0 saturated carbocycles. The van der Waals surface area contributed by atoms with Gasteiger partial charge in [0.15, 0.2) is 0 Å². The van der Waals surface area contributed by atoms with Crippen molar-refractivity contribution in [3.63, 3.8) is 0 Å². The second kappa shape index (κ2) is 11.1. The van der Waals surface area contributed by atoms with Crippen LogP contribution in [0.2, 0.25) is 5.15 Å². The first kappa shape index (κ1) is 28.2. The predicted octanol–water partition coefficient (Wildman–Crippen LogP) is 4.34. The van der Waals surface area contributed by atoms with Crippen molar-refractivity contribution >= 4 is 29.2 Å². The van der Waals surface area contributed by atoms with E-state index in [0.29, 0.717) is 30.1 Å². The number of anilines is 1. The van der Waals surface area contributed by atoms with Gasteiger partial charge in [0.05, 0.1) is 5.56 Å². The third-order valence-corrected chi connectivity index (χ3v) is 8.03. The molecule has 1 atom stereocenters. The van der Waals surface area contributed by atoms with Crippen LogP contribution in [-0.4, -0.2) is 78.2 Å². The number of hydrogen-bond donors (Lipinski definition) is 1. The Labute approximate surface area is 225 Å². The highest BCUT2D eigenvalue weighted by Gasteiger charge is 2.62. The van der Waals surface area contributed by atoms with Crippen molar-refractivity contribution in [3.8, 4) is 0 Å². The first-order chi connectivity index (χ1) is 17.9. The fourth-order valence-corrected chi connectivity index (χ4v) is 5.72. The van der Waals surface area contributed by atoms with Gasteiger partial charge in [-0.1, -0.05) is 41.9 Å². The fraction of sp³-hybridized carbons (Fsp3) is 0.519. The smallest absolute Gasteiger partial charge is 0.369 e. The van der Waals surface area contributed by atoms with E-state index >= 15 is 0 Å². The third-order valence-electron chi connectivity index (χ3n) is 7.74. The van der Waals surface area contributed by atoms with Gasteiger partial charge in [0.25, 0.3) is 17.4 Å². The monoisotopic (exact) mass is 552 g/mol. The van der Waals surface area contributed by atoms with Crippen LogP contribution in [-0.2, 0) is 10.4 Å². The Kier molecular flexibility index (Phi) is 8.23. The van der Waals surface area contributed by atoms with Crippen LogP contribution in [0.15, 0.2) is 42.5 Å². The zero-order valence-electron chi connectivity index (χ0n) is 21.4. The summed E-state index contributed by atoms with van der Waals surface area (Å²) >= 11 is 6.27. The number of pyridine rings is 1. The Morgan fingerprint density at radius 1 is 0.947 bits per heavy atom. The van der Waals surface area contributed by atoms with Gasteiger partial charge < -0.3 is 19.8 Å². The first-order valence-electron chi connectivity index (χ1n) is 12.7. The number of aliphatic hydroxyl groups is 1. The van der Waals surface area contributed by atoms with Gasteiger partial charge >= 0.3 is 6.18 Å². The molecule has 3 heterocycles. The summed E-state index contributed by atoms with van der Waals surface area (Å²) < 4.78 is 41.8. The number of nitrogens with zero attached hydrogens (tertiary/aromatic N) is 4. The molecule has 0 radical (unpaired) electrons. The Bertz CT molecular complexity index is 1150. The molecule has 2 aliphatic heterocycles. The van der Waals surface area contributed by atoms with Gasteiger partial charge in [-0.25, -0.2) is 4.98 Å². The van der Waals surface area contributed by atoms with Crippen LogP contribution < -0.4 is 4.90 Å². The van der Waals surface area contributed by atoms with E-state index in [1.807, 2.05) is 0 Å². The number of likely N-dealkylation sites (tertiary alicyclic amines) is 1. The van der Waals surface area contributed by atoms with E-state index < -0.39 is 23.2 Å². The van der Waals surface area contributed by atoms with E-state index in [0.717, 1.165) is 43.0 Å². The molecule has 2 aliphatic rings. The van der Waals surface area contributed by atoms with Crippen LogP contribution in [0.4, 0.5) is 19.0 Å². The molecular weight excluding hydrogens is 521 g/mol. The number of carbonyl (C=O) groups is 2. The zero-order chi connectivity index (χ0) is 27.7. The summed E-state index contributed by atoms with van der Waals surface area (Å²) in [5, 5.41) is 10.8. The Hall–Kier alpha value is -2.85. The quantitative estimate of drug-likeness (QED) is 0.558. The third kappa shape index (κ3) is 5.47. The average molecular weight is 553 g/mol. The minimum absolute atomic E-state index is 0.162. The van der Waals surface area contributed by atoms with Gasteiger partial charge in [-0.15, -0.1) is 0 Å². The molecule has 4 rings (SSSR count). The number of piperidine rings is 2. The van der Waals surface area contributed by atoms with Crippen LogP contribution >= 0.6 is 11.6 Å². The van der Waals surface area contributed by atoms with Gasteiger partial charge in [-0.2, -0.15) is 13.2 Å². The van der Waals surface area contributed by atoms with E-state index in [1.54, 1.807) is 26.2 Å². The SMILES string of the molecule is CN(C)C(=O)c1ccc(N2CCC(C3CCN(C(=O)C(O)(c4ccccc4)C(F)(F)F)CC3)CC2)nc1Cl. The molecule has 2 saturated heterocycles. The number of aromatic nitrogens is 1. The van der Waals surface area contributed by atoms with E-state index in [4.69, 9.17) is 11.6 Å². The standard InChI is InChI=1S/C27H32ClF3N4O3/c1-33(2)24(36)21-8-9-22(32-23(21)28)34-14-10-18(11-15-34)19-12-16-35(17-13-19)25(37)26(38,27(29,30)31)20-6-4-3-5-7-20/h3-9,18-19,38H,10-17H2,1-2H3. The Balaban J connectivity index is 1.34. The van der Waals surface area contributed by atoms with Gasteiger partial charge in [0, 0.05) is 45.8 Å². The predicted molar refractivity (Wildman–Crippen MR) is 138 cm³/mol. The summed E-state index contributed by atoms with van der Waals surface area (Å²) in [5.41, 5.74) is -3.69. The lowest BCUT2D eigenvalue weighted by Gasteiger charge is -2.42. The van der Waals surface area contributed by atoms with Gasteiger partial charge in [-0.05, 0) is 49.7 Å². The number of alkyl halides is 3. The highest BCUT2D eigenvalue weighted by Crippen LogP contribution is 2.42. The summed E-state index contributed by atoms with van der Waals surface area (Å²) in [5.74, 6) is -0.159. The van der Waals surface area contributed by atoms with Gasteiger partial charge in [0.2, 0.25) is 0 Å². The first-order valence-corrected chi connectivity index (χ1v) is 13.1. The minimum Gasteiger partial charge on any atom is -0.369 e. The molecular formula is C27H32ClF3N4O3. The second-order valence-electron chi connectivity index (χ2n) is 10.2. The van der Waals surface area contributed by atoms with Crippen LogP contribution in [0.25, 0.3) is 0 Å². The van der Waals surface area contributed by atoms with E-state index in [-0.39, 0.29) is 30.1 Å². The molecule has 2 aromatic rings. The fourth-order valence-electron chi connectivity index (χ4n) is 5.49. The lowest BCUT2D eigenvalue weighted by atomic mass is 9.78. The Morgan fingerprint density at radius 3 is 2.00 bits per heavy atom. The van der Waals surface area contributed by atoms with Crippen molar-refractivity contribution < 1.29 is 27.9 Å². The van der Waals surface area contributed by atoms with Gasteiger partial charge in [-0.3, -0.25) is 9.59 Å².